The standard InChI is InChI=1S/C7H13NO/c1-5(4-7(8)9)6-2-3-6/h5-6H,2-4H2,1H3,(H2,8,9). The van der Waals surface area contributed by atoms with E-state index in [1.165, 1.54) is 12.8 Å². The van der Waals surface area contributed by atoms with Crippen LogP contribution in [0, 0.1) is 11.8 Å². The second-order valence-electron chi connectivity index (χ2n) is 2.99. The summed E-state index contributed by atoms with van der Waals surface area (Å²) in [7, 11) is 0. The van der Waals surface area contributed by atoms with Gasteiger partial charge in [0.15, 0.2) is 0 Å². The lowest BCUT2D eigenvalue weighted by Crippen LogP contribution is -2.15. The molecule has 0 spiro atoms. The van der Waals surface area contributed by atoms with Crippen molar-refractivity contribution >= 4 is 5.91 Å². The van der Waals surface area contributed by atoms with Crippen molar-refractivity contribution in [3.63, 3.8) is 0 Å². The zero-order valence-corrected chi connectivity index (χ0v) is 5.76. The molecule has 1 aliphatic rings. The van der Waals surface area contributed by atoms with E-state index in [2.05, 4.69) is 6.92 Å². The molecule has 0 aromatic rings. The molecule has 1 amide bonds. The molecule has 0 aromatic carbocycles. The fourth-order valence-electron chi connectivity index (χ4n) is 1.15. The normalized spacial score (nSPS) is 21.4. The summed E-state index contributed by atoms with van der Waals surface area (Å²) in [4.78, 5) is 10.4. The summed E-state index contributed by atoms with van der Waals surface area (Å²) in [6.07, 6.45) is 3.17. The molecule has 2 nitrogen and oxygen atoms in total. The molecule has 9 heavy (non-hydrogen) atoms. The first-order valence-corrected chi connectivity index (χ1v) is 3.48. The Balaban J connectivity index is 2.17. The van der Waals surface area contributed by atoms with Crippen molar-refractivity contribution in [3.8, 4) is 0 Å². The molecule has 1 saturated carbocycles. The Morgan fingerprint density at radius 1 is 1.78 bits per heavy atom. The number of hydrogen-bond donors (Lipinski definition) is 1. The highest BCUT2D eigenvalue weighted by molar-refractivity contribution is 5.74. The molecule has 0 saturated heterocycles. The minimum atomic E-state index is -0.158. The first kappa shape index (κ1) is 6.59. The lowest BCUT2D eigenvalue weighted by Gasteiger charge is -2.04. The second kappa shape index (κ2) is 2.38. The van der Waals surface area contributed by atoms with Crippen molar-refractivity contribution in [1.82, 2.24) is 0 Å². The molecule has 1 unspecified atom stereocenters. The summed E-state index contributed by atoms with van der Waals surface area (Å²) in [5.41, 5.74) is 5.02. The summed E-state index contributed by atoms with van der Waals surface area (Å²) in [5, 5.41) is 0. The van der Waals surface area contributed by atoms with Gasteiger partial charge in [-0.25, -0.2) is 0 Å². The number of hydrogen-bond acceptors (Lipinski definition) is 1. The van der Waals surface area contributed by atoms with Gasteiger partial charge in [-0.1, -0.05) is 6.92 Å². The van der Waals surface area contributed by atoms with Crippen LogP contribution in [0.4, 0.5) is 0 Å². The van der Waals surface area contributed by atoms with Gasteiger partial charge in [-0.15, -0.1) is 0 Å². The monoisotopic (exact) mass is 127 g/mol. The first-order chi connectivity index (χ1) is 4.20. The molecule has 0 heterocycles. The molecular weight excluding hydrogens is 114 g/mol. The number of amides is 1. The van der Waals surface area contributed by atoms with Crippen LogP contribution in [0.1, 0.15) is 26.2 Å². The minimum absolute atomic E-state index is 0.158. The van der Waals surface area contributed by atoms with E-state index < -0.39 is 0 Å². The quantitative estimate of drug-likeness (QED) is 0.601. The van der Waals surface area contributed by atoms with Crippen LogP contribution in [0.5, 0.6) is 0 Å². The summed E-state index contributed by atoms with van der Waals surface area (Å²) in [6.45, 7) is 2.10. The molecule has 1 atom stereocenters. The van der Waals surface area contributed by atoms with Gasteiger partial charge in [-0.3, -0.25) is 4.79 Å². The van der Waals surface area contributed by atoms with Crippen molar-refractivity contribution in [2.45, 2.75) is 26.2 Å². The number of rotatable bonds is 3. The topological polar surface area (TPSA) is 43.1 Å². The molecule has 1 fully saturated rings. The van der Waals surface area contributed by atoms with Crippen molar-refractivity contribution < 1.29 is 4.79 Å². The van der Waals surface area contributed by atoms with Gasteiger partial charge < -0.3 is 5.73 Å². The van der Waals surface area contributed by atoms with Gasteiger partial charge in [-0.2, -0.15) is 0 Å². The van der Waals surface area contributed by atoms with Gasteiger partial charge in [0.2, 0.25) is 5.91 Å². The average Bonchev–Trinajstić information content (AvgIpc) is 2.40. The molecule has 52 valence electrons. The Hall–Kier alpha value is -0.530. The Morgan fingerprint density at radius 2 is 2.33 bits per heavy atom. The van der Waals surface area contributed by atoms with Crippen LogP contribution in [0.2, 0.25) is 0 Å². The maximum Gasteiger partial charge on any atom is 0.217 e. The van der Waals surface area contributed by atoms with Crippen LogP contribution < -0.4 is 5.73 Å². The van der Waals surface area contributed by atoms with E-state index in [9.17, 15) is 4.79 Å². The largest absolute Gasteiger partial charge is 0.370 e. The van der Waals surface area contributed by atoms with E-state index in [0.29, 0.717) is 12.3 Å². The molecular formula is C7H13NO. The van der Waals surface area contributed by atoms with Gasteiger partial charge >= 0.3 is 0 Å². The highest BCUT2D eigenvalue weighted by Gasteiger charge is 2.28. The van der Waals surface area contributed by atoms with E-state index in [1.807, 2.05) is 0 Å². The molecule has 0 bridgehead atoms. The van der Waals surface area contributed by atoms with E-state index in [-0.39, 0.29) is 5.91 Å². The SMILES string of the molecule is CC(CC(N)=O)C1CC1. The lowest BCUT2D eigenvalue weighted by molar-refractivity contribution is -0.118. The third-order valence-electron chi connectivity index (χ3n) is 1.95. The van der Waals surface area contributed by atoms with Gasteiger partial charge in [0.1, 0.15) is 0 Å². The summed E-state index contributed by atoms with van der Waals surface area (Å²) < 4.78 is 0. The Labute approximate surface area is 55.4 Å². The molecule has 2 heteroatoms. The van der Waals surface area contributed by atoms with E-state index >= 15 is 0 Å². The predicted octanol–water partition coefficient (Wildman–Crippen LogP) is 0.908. The maximum absolute atomic E-state index is 10.4. The van der Waals surface area contributed by atoms with Crippen LogP contribution in [0.25, 0.3) is 0 Å². The fraction of sp³-hybridized carbons (Fsp3) is 0.857. The smallest absolute Gasteiger partial charge is 0.217 e. The predicted molar refractivity (Wildman–Crippen MR) is 35.7 cm³/mol. The summed E-state index contributed by atoms with van der Waals surface area (Å²) >= 11 is 0. The van der Waals surface area contributed by atoms with Crippen molar-refractivity contribution in [2.75, 3.05) is 0 Å². The Morgan fingerprint density at radius 3 is 2.67 bits per heavy atom. The third-order valence-corrected chi connectivity index (χ3v) is 1.95. The Kier molecular flexibility index (Phi) is 1.74. The molecule has 1 rings (SSSR count). The minimum Gasteiger partial charge on any atom is -0.370 e. The number of carbonyl (C=O) groups is 1. The summed E-state index contributed by atoms with van der Waals surface area (Å²) in [5.74, 6) is 1.18. The van der Waals surface area contributed by atoms with Gasteiger partial charge in [-0.05, 0) is 24.7 Å². The van der Waals surface area contributed by atoms with Crippen LogP contribution in [-0.2, 0) is 4.79 Å². The molecule has 0 aromatic heterocycles. The van der Waals surface area contributed by atoms with Crippen LogP contribution in [0.3, 0.4) is 0 Å². The average molecular weight is 127 g/mol. The molecule has 2 N–H and O–H groups in total. The first-order valence-electron chi connectivity index (χ1n) is 3.48. The highest BCUT2D eigenvalue weighted by atomic mass is 16.1. The molecule has 0 aliphatic heterocycles. The van der Waals surface area contributed by atoms with Crippen molar-refractivity contribution in [2.24, 2.45) is 17.6 Å². The highest BCUT2D eigenvalue weighted by Crippen LogP contribution is 2.37. The van der Waals surface area contributed by atoms with Crippen LogP contribution >= 0.6 is 0 Å². The van der Waals surface area contributed by atoms with Gasteiger partial charge in [0.25, 0.3) is 0 Å². The molecule has 0 radical (unpaired) electrons. The van der Waals surface area contributed by atoms with Crippen LogP contribution in [-0.4, -0.2) is 5.91 Å². The molecule has 1 aliphatic carbocycles. The second-order valence-corrected chi connectivity index (χ2v) is 2.99. The maximum atomic E-state index is 10.4. The van der Waals surface area contributed by atoms with Gasteiger partial charge in [0, 0.05) is 6.42 Å². The van der Waals surface area contributed by atoms with Gasteiger partial charge in [0.05, 0.1) is 0 Å². The van der Waals surface area contributed by atoms with E-state index in [0.717, 1.165) is 5.92 Å². The fourth-order valence-corrected chi connectivity index (χ4v) is 1.15. The van der Waals surface area contributed by atoms with E-state index in [4.69, 9.17) is 5.73 Å². The number of nitrogens with two attached hydrogens (primary N) is 1. The number of carbonyl (C=O) groups excluding carboxylic acids is 1. The zero-order chi connectivity index (χ0) is 6.85. The number of primary amides is 1. The van der Waals surface area contributed by atoms with Crippen LogP contribution in [0.15, 0.2) is 0 Å². The van der Waals surface area contributed by atoms with E-state index in [1.54, 1.807) is 0 Å². The summed E-state index contributed by atoms with van der Waals surface area (Å²) in [6, 6.07) is 0. The van der Waals surface area contributed by atoms with Crippen molar-refractivity contribution in [3.05, 3.63) is 0 Å². The third kappa shape index (κ3) is 2.04. The Bertz CT molecular complexity index is 118. The lowest BCUT2D eigenvalue weighted by atomic mass is 10.0. The zero-order valence-electron chi connectivity index (χ0n) is 5.76. The van der Waals surface area contributed by atoms with Crippen molar-refractivity contribution in [1.29, 1.82) is 0 Å².